The molecule has 0 bridgehead atoms. The monoisotopic (exact) mass is 543 g/mol. The van der Waals surface area contributed by atoms with Crippen molar-refractivity contribution in [2.24, 2.45) is 0 Å². The van der Waals surface area contributed by atoms with Crippen LogP contribution >= 0.6 is 0 Å². The Labute approximate surface area is 215 Å². The van der Waals surface area contributed by atoms with Gasteiger partial charge >= 0.3 is 12.1 Å². The fourth-order valence-corrected chi connectivity index (χ4v) is 5.90. The molecular weight excluding hydrogens is 511 g/mol. The van der Waals surface area contributed by atoms with Crippen LogP contribution < -0.4 is 5.32 Å². The van der Waals surface area contributed by atoms with Gasteiger partial charge in [0.15, 0.2) is 0 Å². The summed E-state index contributed by atoms with van der Waals surface area (Å²) in [6, 6.07) is 11.5. The zero-order valence-electron chi connectivity index (χ0n) is 21.2. The summed E-state index contributed by atoms with van der Waals surface area (Å²) in [4.78, 5) is 23.9. The fraction of sp³-hybridized carbons (Fsp3) is 0.440. The minimum atomic E-state index is -5.08. The van der Waals surface area contributed by atoms with Crippen molar-refractivity contribution < 1.29 is 36.3 Å². The maximum Gasteiger partial charge on any atom is 0.490 e. The number of aryl methyl sites for hydroxylation is 4. The second-order valence-electron chi connectivity index (χ2n) is 8.92. The van der Waals surface area contributed by atoms with Gasteiger partial charge in [-0.3, -0.25) is 4.79 Å². The van der Waals surface area contributed by atoms with Crippen molar-refractivity contribution in [1.29, 1.82) is 0 Å². The Kier molecular flexibility index (Phi) is 10.2. The molecule has 0 atom stereocenters. The van der Waals surface area contributed by atoms with E-state index in [1.807, 2.05) is 64.1 Å². The first-order valence-corrected chi connectivity index (χ1v) is 13.0. The molecule has 0 saturated carbocycles. The fourth-order valence-electron chi connectivity index (χ4n) is 4.11. The molecule has 1 aliphatic heterocycles. The lowest BCUT2D eigenvalue weighted by atomic mass is 10.1. The molecule has 37 heavy (non-hydrogen) atoms. The lowest BCUT2D eigenvalue weighted by Gasteiger charge is -2.30. The van der Waals surface area contributed by atoms with Gasteiger partial charge in [0.05, 0.1) is 11.4 Å². The Hall–Kier alpha value is -2.96. The zero-order valence-corrected chi connectivity index (χ0v) is 22.0. The minimum absolute atomic E-state index is 0.157. The van der Waals surface area contributed by atoms with E-state index < -0.39 is 22.2 Å². The van der Waals surface area contributed by atoms with Crippen LogP contribution in [0.4, 0.5) is 13.2 Å². The highest BCUT2D eigenvalue weighted by Crippen LogP contribution is 2.27. The summed E-state index contributed by atoms with van der Waals surface area (Å²) >= 11 is 0. The van der Waals surface area contributed by atoms with Crippen LogP contribution in [0.1, 0.15) is 27.8 Å². The number of carbonyl (C=O) groups excluding carboxylic acids is 1. The first-order valence-electron chi connectivity index (χ1n) is 11.5. The molecule has 2 aromatic rings. The van der Waals surface area contributed by atoms with Gasteiger partial charge in [-0.15, -0.1) is 0 Å². The van der Waals surface area contributed by atoms with Crippen LogP contribution in [-0.2, 0) is 26.2 Å². The van der Waals surface area contributed by atoms with Crippen molar-refractivity contribution in [3.63, 3.8) is 0 Å². The molecule has 0 aliphatic carbocycles. The number of sulfonamides is 1. The van der Waals surface area contributed by atoms with Crippen LogP contribution in [0, 0.1) is 27.7 Å². The largest absolute Gasteiger partial charge is 0.490 e. The number of hydrogen-bond acceptors (Lipinski definition) is 5. The summed E-state index contributed by atoms with van der Waals surface area (Å²) in [6.45, 7) is 10.2. The quantitative estimate of drug-likeness (QED) is 0.580. The second-order valence-corrected chi connectivity index (χ2v) is 10.8. The van der Waals surface area contributed by atoms with E-state index in [-0.39, 0.29) is 19.0 Å². The lowest BCUT2D eigenvalue weighted by Crippen LogP contribution is -2.50. The Balaban J connectivity index is 0.000000604. The number of carboxylic acids is 1. The summed E-state index contributed by atoms with van der Waals surface area (Å²) in [6.07, 6.45) is -5.08. The van der Waals surface area contributed by atoms with E-state index in [1.54, 1.807) is 4.90 Å². The van der Waals surface area contributed by atoms with Crippen LogP contribution in [0.25, 0.3) is 0 Å². The van der Waals surface area contributed by atoms with Gasteiger partial charge in [0.25, 0.3) is 0 Å². The maximum atomic E-state index is 13.7. The molecule has 1 amide bonds. The van der Waals surface area contributed by atoms with Gasteiger partial charge < -0.3 is 15.3 Å². The Morgan fingerprint density at radius 1 is 1.00 bits per heavy atom. The number of aliphatic carboxylic acids is 1. The van der Waals surface area contributed by atoms with E-state index in [0.29, 0.717) is 29.1 Å². The molecule has 204 valence electrons. The predicted molar refractivity (Wildman–Crippen MR) is 133 cm³/mol. The number of alkyl halides is 3. The summed E-state index contributed by atoms with van der Waals surface area (Å²) in [7, 11) is -3.85. The van der Waals surface area contributed by atoms with Crippen molar-refractivity contribution >= 4 is 21.9 Å². The molecule has 3 rings (SSSR count). The van der Waals surface area contributed by atoms with Crippen molar-refractivity contribution in [3.05, 3.63) is 64.2 Å². The number of benzene rings is 2. The molecule has 1 heterocycles. The lowest BCUT2D eigenvalue weighted by molar-refractivity contribution is -0.192. The van der Waals surface area contributed by atoms with Crippen LogP contribution in [0.15, 0.2) is 41.3 Å². The van der Waals surface area contributed by atoms with E-state index in [2.05, 4.69) is 5.32 Å². The van der Waals surface area contributed by atoms with Crippen LogP contribution in [0.5, 0.6) is 0 Å². The highest BCUT2D eigenvalue weighted by Gasteiger charge is 2.38. The van der Waals surface area contributed by atoms with E-state index in [0.717, 1.165) is 29.8 Å². The van der Waals surface area contributed by atoms with Crippen LogP contribution in [0.3, 0.4) is 0 Å². The van der Waals surface area contributed by atoms with Gasteiger partial charge in [-0.2, -0.15) is 17.5 Å². The number of rotatable bonds is 6. The molecule has 1 aliphatic rings. The number of halogens is 3. The average molecular weight is 544 g/mol. The first kappa shape index (κ1) is 30.3. The summed E-state index contributed by atoms with van der Waals surface area (Å²) in [5, 5.41) is 10.3. The molecule has 8 nitrogen and oxygen atoms in total. The summed E-state index contributed by atoms with van der Waals surface area (Å²) in [5.41, 5.74) is 4.36. The highest BCUT2D eigenvalue weighted by atomic mass is 32.2. The van der Waals surface area contributed by atoms with Crippen LogP contribution in [0.2, 0.25) is 0 Å². The van der Waals surface area contributed by atoms with E-state index in [9.17, 15) is 26.4 Å². The normalized spacial score (nSPS) is 14.2. The number of carbonyl (C=O) groups is 2. The van der Waals surface area contributed by atoms with E-state index in [4.69, 9.17) is 9.90 Å². The maximum absolute atomic E-state index is 13.7. The smallest absolute Gasteiger partial charge is 0.475 e. The van der Waals surface area contributed by atoms with Gasteiger partial charge in [-0.05, 0) is 44.4 Å². The Bertz CT molecular complexity index is 1200. The highest BCUT2D eigenvalue weighted by molar-refractivity contribution is 7.89. The van der Waals surface area contributed by atoms with Crippen molar-refractivity contribution in [2.75, 3.05) is 32.7 Å². The molecule has 1 fully saturated rings. The molecule has 0 spiro atoms. The molecule has 12 heteroatoms. The van der Waals surface area contributed by atoms with Crippen molar-refractivity contribution in [2.45, 2.75) is 45.3 Å². The first-order chi connectivity index (χ1) is 17.1. The molecular formula is C25H32F3N3O5S. The molecule has 2 N–H and O–H groups in total. The number of carboxylic acid groups (broad SMARTS) is 1. The van der Waals surface area contributed by atoms with Gasteiger partial charge in [0.2, 0.25) is 15.9 Å². The van der Waals surface area contributed by atoms with E-state index in [1.165, 1.54) is 4.31 Å². The van der Waals surface area contributed by atoms with Crippen LogP contribution in [-0.4, -0.2) is 73.5 Å². The van der Waals surface area contributed by atoms with Gasteiger partial charge in [0, 0.05) is 32.7 Å². The molecule has 1 saturated heterocycles. The Morgan fingerprint density at radius 2 is 1.54 bits per heavy atom. The number of amides is 1. The van der Waals surface area contributed by atoms with Gasteiger partial charge in [-0.25, -0.2) is 13.2 Å². The standard InChI is InChI=1S/C23H31N3O3S.C2HF3O2/c1-17-6-5-7-21(14-17)15-26(16-22(27)25-10-8-24-9-11-25)30(28,29)23-19(3)12-18(2)13-20(23)4;3-2(4,5)1(6)7/h5-7,12-14,24H,8-11,15-16H2,1-4H3;(H,6,7). The van der Waals surface area contributed by atoms with Gasteiger partial charge in [-0.1, -0.05) is 47.5 Å². The van der Waals surface area contributed by atoms with E-state index >= 15 is 0 Å². The summed E-state index contributed by atoms with van der Waals surface area (Å²) < 4.78 is 60.5. The average Bonchev–Trinajstić information content (AvgIpc) is 2.78. The minimum Gasteiger partial charge on any atom is -0.475 e. The SMILES string of the molecule is Cc1cccc(CN(CC(=O)N2CCNCC2)S(=O)(=O)c2c(C)cc(C)cc2C)c1.O=C(O)C(F)(F)F. The van der Waals surface area contributed by atoms with Crippen molar-refractivity contribution in [1.82, 2.24) is 14.5 Å². The zero-order chi connectivity index (χ0) is 28.0. The summed E-state index contributed by atoms with van der Waals surface area (Å²) in [5.74, 6) is -2.91. The third-order valence-electron chi connectivity index (χ3n) is 5.67. The predicted octanol–water partition coefficient (Wildman–Crippen LogP) is 3.18. The molecule has 0 radical (unpaired) electrons. The number of hydrogen-bond donors (Lipinski definition) is 2. The number of nitrogens with one attached hydrogen (secondary N) is 1. The topological polar surface area (TPSA) is 107 Å². The third kappa shape index (κ3) is 8.54. The van der Waals surface area contributed by atoms with Crippen molar-refractivity contribution in [3.8, 4) is 0 Å². The van der Waals surface area contributed by atoms with Gasteiger partial charge in [0.1, 0.15) is 0 Å². The number of nitrogens with zero attached hydrogens (tertiary/aromatic N) is 2. The number of piperazine rings is 1. The Morgan fingerprint density at radius 3 is 2.03 bits per heavy atom. The molecule has 0 unspecified atom stereocenters. The molecule has 0 aromatic heterocycles. The second kappa shape index (κ2) is 12.5. The third-order valence-corrected chi connectivity index (χ3v) is 7.77. The molecule has 2 aromatic carbocycles.